The topological polar surface area (TPSA) is 56.7 Å². The van der Waals surface area contributed by atoms with Crippen LogP contribution in [0.4, 0.5) is 0 Å². The zero-order chi connectivity index (χ0) is 16.4. The third-order valence-electron chi connectivity index (χ3n) is 4.39. The fourth-order valence-electron chi connectivity index (χ4n) is 2.80. The molecule has 1 atom stereocenters. The molecule has 0 spiro atoms. The molecule has 2 aromatic carbocycles. The van der Waals surface area contributed by atoms with Crippen molar-refractivity contribution in [2.24, 2.45) is 5.73 Å². The highest BCUT2D eigenvalue weighted by Gasteiger charge is 2.19. The minimum absolute atomic E-state index is 0.0978. The fourth-order valence-corrected chi connectivity index (χ4v) is 2.80. The Kier molecular flexibility index (Phi) is 4.26. The van der Waals surface area contributed by atoms with Crippen LogP contribution >= 0.6 is 0 Å². The molecule has 23 heavy (non-hydrogen) atoms. The molecule has 0 saturated carbocycles. The number of nitrogens with zero attached hydrogens (tertiary/aromatic N) is 3. The maximum absolute atomic E-state index is 5.89. The van der Waals surface area contributed by atoms with Crippen molar-refractivity contribution < 1.29 is 0 Å². The minimum Gasteiger partial charge on any atom is -0.325 e. The first kappa shape index (κ1) is 15.4. The number of aromatic nitrogens is 3. The van der Waals surface area contributed by atoms with E-state index in [4.69, 9.17) is 5.73 Å². The molecule has 0 aliphatic heterocycles. The van der Waals surface area contributed by atoms with Gasteiger partial charge in [0.1, 0.15) is 5.69 Å². The van der Waals surface area contributed by atoms with Gasteiger partial charge in [-0.15, -0.1) is 5.10 Å². The van der Waals surface area contributed by atoms with Crippen molar-refractivity contribution in [3.05, 3.63) is 70.9 Å². The summed E-state index contributed by atoms with van der Waals surface area (Å²) in [5, 5.41) is 8.68. The zero-order valence-corrected chi connectivity index (χ0v) is 13.8. The molecule has 0 fully saturated rings. The quantitative estimate of drug-likeness (QED) is 0.801. The Labute approximate surface area is 137 Å². The maximum atomic E-state index is 5.89. The van der Waals surface area contributed by atoms with E-state index in [0.29, 0.717) is 6.54 Å². The van der Waals surface area contributed by atoms with Crippen LogP contribution < -0.4 is 5.73 Å². The van der Waals surface area contributed by atoms with E-state index in [1.165, 1.54) is 16.7 Å². The van der Waals surface area contributed by atoms with Crippen molar-refractivity contribution in [1.82, 2.24) is 15.0 Å². The maximum Gasteiger partial charge on any atom is 0.104 e. The van der Waals surface area contributed by atoms with Crippen LogP contribution in [0.1, 0.15) is 35.3 Å². The van der Waals surface area contributed by atoms with Gasteiger partial charge in [-0.25, -0.2) is 4.68 Å². The lowest BCUT2D eigenvalue weighted by Crippen LogP contribution is -2.11. The second kappa shape index (κ2) is 6.34. The molecule has 0 bridgehead atoms. The summed E-state index contributed by atoms with van der Waals surface area (Å²) in [5.41, 5.74) is 12.6. The molecule has 118 valence electrons. The minimum atomic E-state index is 0.0978. The molecule has 1 aromatic heterocycles. The molecule has 0 aliphatic carbocycles. The molecule has 1 heterocycles. The number of hydrogen-bond donors (Lipinski definition) is 1. The van der Waals surface area contributed by atoms with Gasteiger partial charge in [-0.1, -0.05) is 47.7 Å². The third kappa shape index (κ3) is 2.90. The molecule has 2 N–H and O–H groups in total. The van der Waals surface area contributed by atoms with Gasteiger partial charge in [-0.2, -0.15) is 0 Å². The molecule has 0 amide bonds. The predicted octanol–water partition coefficient (Wildman–Crippen LogP) is 3.63. The van der Waals surface area contributed by atoms with E-state index < -0.39 is 0 Å². The third-order valence-corrected chi connectivity index (χ3v) is 4.39. The first-order valence-corrected chi connectivity index (χ1v) is 7.88. The van der Waals surface area contributed by atoms with Gasteiger partial charge in [-0.05, 0) is 43.5 Å². The van der Waals surface area contributed by atoms with E-state index in [9.17, 15) is 0 Å². The summed E-state index contributed by atoms with van der Waals surface area (Å²) in [6, 6.07) is 16.9. The molecule has 4 nitrogen and oxygen atoms in total. The van der Waals surface area contributed by atoms with Crippen molar-refractivity contribution in [3.8, 4) is 11.3 Å². The predicted molar refractivity (Wildman–Crippen MR) is 93.1 cm³/mol. The summed E-state index contributed by atoms with van der Waals surface area (Å²) in [4.78, 5) is 0. The van der Waals surface area contributed by atoms with Crippen molar-refractivity contribution in [3.63, 3.8) is 0 Å². The van der Waals surface area contributed by atoms with E-state index >= 15 is 0 Å². The van der Waals surface area contributed by atoms with Crippen molar-refractivity contribution in [2.45, 2.75) is 33.4 Å². The lowest BCUT2D eigenvalue weighted by Gasteiger charge is -2.16. The molecular formula is C19H22N4. The van der Waals surface area contributed by atoms with Gasteiger partial charge < -0.3 is 5.73 Å². The van der Waals surface area contributed by atoms with Gasteiger partial charge >= 0.3 is 0 Å². The van der Waals surface area contributed by atoms with E-state index in [0.717, 1.165) is 17.0 Å². The smallest absolute Gasteiger partial charge is 0.104 e. The zero-order valence-electron chi connectivity index (χ0n) is 13.8. The summed E-state index contributed by atoms with van der Waals surface area (Å²) < 4.78 is 1.97. The summed E-state index contributed by atoms with van der Waals surface area (Å²) in [6.07, 6.45) is 0. The SMILES string of the molecule is Cc1ccc(-c2c(CN)nnn2C(C)c2ccccc2)cc1C. The molecule has 3 aromatic rings. The van der Waals surface area contributed by atoms with E-state index in [-0.39, 0.29) is 6.04 Å². The Balaban J connectivity index is 2.12. The van der Waals surface area contributed by atoms with Crippen molar-refractivity contribution in [2.75, 3.05) is 0 Å². The summed E-state index contributed by atoms with van der Waals surface area (Å²) in [6.45, 7) is 6.75. The molecule has 0 aliphatic rings. The monoisotopic (exact) mass is 306 g/mol. The highest BCUT2D eigenvalue weighted by Crippen LogP contribution is 2.29. The first-order chi connectivity index (χ1) is 11.1. The van der Waals surface area contributed by atoms with Crippen LogP contribution in [0.5, 0.6) is 0 Å². The number of aryl methyl sites for hydroxylation is 2. The Hall–Kier alpha value is -2.46. The summed E-state index contributed by atoms with van der Waals surface area (Å²) in [5.74, 6) is 0. The summed E-state index contributed by atoms with van der Waals surface area (Å²) >= 11 is 0. The fraction of sp³-hybridized carbons (Fsp3) is 0.263. The average molecular weight is 306 g/mol. The number of hydrogen-bond acceptors (Lipinski definition) is 3. The van der Waals surface area contributed by atoms with Crippen LogP contribution in [0.15, 0.2) is 48.5 Å². The Morgan fingerprint density at radius 1 is 1.04 bits per heavy atom. The second-order valence-corrected chi connectivity index (χ2v) is 5.92. The highest BCUT2D eigenvalue weighted by atomic mass is 15.4. The Morgan fingerprint density at radius 3 is 2.43 bits per heavy atom. The van der Waals surface area contributed by atoms with Crippen LogP contribution in [0.3, 0.4) is 0 Å². The Morgan fingerprint density at radius 2 is 1.78 bits per heavy atom. The normalized spacial score (nSPS) is 12.3. The average Bonchev–Trinajstić information content (AvgIpc) is 3.01. The lowest BCUT2D eigenvalue weighted by molar-refractivity contribution is 0.548. The van der Waals surface area contributed by atoms with Gasteiger partial charge in [0.05, 0.1) is 11.7 Å². The Bertz CT molecular complexity index is 805. The number of benzene rings is 2. The van der Waals surface area contributed by atoms with Gasteiger partial charge in [0.15, 0.2) is 0 Å². The number of rotatable bonds is 4. The van der Waals surface area contributed by atoms with Crippen molar-refractivity contribution in [1.29, 1.82) is 0 Å². The van der Waals surface area contributed by atoms with Crippen LogP contribution in [-0.4, -0.2) is 15.0 Å². The van der Waals surface area contributed by atoms with Gasteiger partial charge in [-0.3, -0.25) is 0 Å². The van der Waals surface area contributed by atoms with E-state index in [1.54, 1.807) is 0 Å². The molecule has 1 unspecified atom stereocenters. The first-order valence-electron chi connectivity index (χ1n) is 7.88. The lowest BCUT2D eigenvalue weighted by atomic mass is 10.0. The molecule has 0 radical (unpaired) electrons. The van der Waals surface area contributed by atoms with E-state index in [2.05, 4.69) is 61.4 Å². The molecule has 3 rings (SSSR count). The van der Waals surface area contributed by atoms with Crippen LogP contribution in [0, 0.1) is 13.8 Å². The highest BCUT2D eigenvalue weighted by molar-refractivity contribution is 5.64. The largest absolute Gasteiger partial charge is 0.325 e. The molecular weight excluding hydrogens is 284 g/mol. The second-order valence-electron chi connectivity index (χ2n) is 5.92. The van der Waals surface area contributed by atoms with Gasteiger partial charge in [0, 0.05) is 12.1 Å². The van der Waals surface area contributed by atoms with Gasteiger partial charge in [0.2, 0.25) is 0 Å². The van der Waals surface area contributed by atoms with Crippen LogP contribution in [0.25, 0.3) is 11.3 Å². The van der Waals surface area contributed by atoms with E-state index in [1.807, 2.05) is 22.9 Å². The number of nitrogens with two attached hydrogens (primary N) is 1. The molecule has 4 heteroatoms. The van der Waals surface area contributed by atoms with Gasteiger partial charge in [0.25, 0.3) is 0 Å². The molecule has 0 saturated heterocycles. The van der Waals surface area contributed by atoms with Crippen LogP contribution in [0.2, 0.25) is 0 Å². The van der Waals surface area contributed by atoms with Crippen molar-refractivity contribution >= 4 is 0 Å². The summed E-state index contributed by atoms with van der Waals surface area (Å²) in [7, 11) is 0. The standard InChI is InChI=1S/C19H22N4/c1-13-9-10-17(11-14(13)2)19-18(12-20)21-22-23(19)15(3)16-7-5-4-6-8-16/h4-11,15H,12,20H2,1-3H3. The van der Waals surface area contributed by atoms with Crippen LogP contribution in [-0.2, 0) is 6.54 Å².